The van der Waals surface area contributed by atoms with Crippen molar-refractivity contribution in [2.45, 2.75) is 85.0 Å². The van der Waals surface area contributed by atoms with Crippen molar-refractivity contribution >= 4 is 29.5 Å². The molecule has 0 saturated heterocycles. The van der Waals surface area contributed by atoms with Crippen molar-refractivity contribution < 1.29 is 23.9 Å². The molecule has 0 aromatic heterocycles. The standard InChI is InChI=1S/C30H40N4O5/c1-17-11-8-9-14-21(17)26(27(36)33-25-18(2)12-10-13-19(25)3)34(23-15-20(23)4)28(37)22(16-24(31)35)32-29(38)39-30(5,6)7/h8-14,20,22-23,26H,15-16H2,1-7H3,(H2,31,35)(H,32,38)(H,33,36). The molecule has 0 heterocycles. The number of para-hydroxylation sites is 1. The van der Waals surface area contributed by atoms with Gasteiger partial charge in [-0.25, -0.2) is 4.79 Å². The Hall–Kier alpha value is -3.88. The van der Waals surface area contributed by atoms with E-state index in [2.05, 4.69) is 10.6 Å². The van der Waals surface area contributed by atoms with E-state index in [1.54, 1.807) is 20.8 Å². The van der Waals surface area contributed by atoms with Gasteiger partial charge in [0.1, 0.15) is 17.7 Å². The van der Waals surface area contributed by atoms with Gasteiger partial charge in [0.2, 0.25) is 11.8 Å². The van der Waals surface area contributed by atoms with Crippen molar-refractivity contribution in [1.82, 2.24) is 10.2 Å². The van der Waals surface area contributed by atoms with Gasteiger partial charge in [0.25, 0.3) is 5.91 Å². The normalized spacial score (nSPS) is 17.9. The summed E-state index contributed by atoms with van der Waals surface area (Å²) in [7, 11) is 0. The first kappa shape index (κ1) is 29.7. The lowest BCUT2D eigenvalue weighted by molar-refractivity contribution is -0.142. The molecule has 4 atom stereocenters. The van der Waals surface area contributed by atoms with Gasteiger partial charge in [-0.2, -0.15) is 0 Å². The Morgan fingerprint density at radius 3 is 2.08 bits per heavy atom. The third-order valence-electron chi connectivity index (χ3n) is 6.81. The van der Waals surface area contributed by atoms with Crippen molar-refractivity contribution in [1.29, 1.82) is 0 Å². The van der Waals surface area contributed by atoms with Crippen molar-refractivity contribution in [3.05, 3.63) is 64.7 Å². The Morgan fingerprint density at radius 1 is 1.00 bits per heavy atom. The van der Waals surface area contributed by atoms with Crippen LogP contribution in [0.4, 0.5) is 10.5 Å². The van der Waals surface area contributed by atoms with E-state index in [1.165, 1.54) is 4.90 Å². The number of rotatable bonds is 9. The molecule has 1 aliphatic carbocycles. The molecule has 1 fully saturated rings. The van der Waals surface area contributed by atoms with Gasteiger partial charge >= 0.3 is 6.09 Å². The molecular formula is C30H40N4O5. The number of hydrogen-bond donors (Lipinski definition) is 3. The zero-order chi connectivity index (χ0) is 29.1. The minimum absolute atomic E-state index is 0.129. The van der Waals surface area contributed by atoms with Crippen molar-refractivity contribution in [3.63, 3.8) is 0 Å². The highest BCUT2D eigenvalue weighted by atomic mass is 16.6. The van der Waals surface area contributed by atoms with E-state index in [0.29, 0.717) is 17.7 Å². The van der Waals surface area contributed by atoms with E-state index in [0.717, 1.165) is 16.7 Å². The van der Waals surface area contributed by atoms with E-state index in [1.807, 2.05) is 70.2 Å². The molecule has 4 N–H and O–H groups in total. The zero-order valence-corrected chi connectivity index (χ0v) is 23.8. The number of carbonyl (C=O) groups is 4. The number of nitrogens with two attached hydrogens (primary N) is 1. The zero-order valence-electron chi connectivity index (χ0n) is 23.8. The molecule has 39 heavy (non-hydrogen) atoms. The van der Waals surface area contributed by atoms with E-state index < -0.39 is 42.0 Å². The summed E-state index contributed by atoms with van der Waals surface area (Å²) in [4.78, 5) is 54.4. The molecule has 9 heteroatoms. The smallest absolute Gasteiger partial charge is 0.408 e. The van der Waals surface area contributed by atoms with Crippen LogP contribution in [0.3, 0.4) is 0 Å². The average Bonchev–Trinajstić information content (AvgIpc) is 3.53. The predicted octanol–water partition coefficient (Wildman–Crippen LogP) is 4.30. The molecule has 1 aliphatic rings. The van der Waals surface area contributed by atoms with Crippen LogP contribution < -0.4 is 16.4 Å². The first-order chi connectivity index (χ1) is 18.2. The molecule has 4 unspecified atom stereocenters. The summed E-state index contributed by atoms with van der Waals surface area (Å²) in [6, 6.07) is 10.5. The monoisotopic (exact) mass is 536 g/mol. The second-order valence-electron chi connectivity index (χ2n) is 11.4. The van der Waals surface area contributed by atoms with Crippen LogP contribution in [-0.4, -0.2) is 46.4 Å². The Labute approximate surface area is 230 Å². The summed E-state index contributed by atoms with van der Waals surface area (Å²) in [5.41, 5.74) is 8.61. The fraction of sp³-hybridized carbons (Fsp3) is 0.467. The molecule has 9 nitrogen and oxygen atoms in total. The molecule has 0 aliphatic heterocycles. The summed E-state index contributed by atoms with van der Waals surface area (Å²) in [6.07, 6.45) is -0.604. The lowest BCUT2D eigenvalue weighted by Crippen LogP contribution is -2.54. The number of alkyl carbamates (subject to hydrolysis) is 1. The van der Waals surface area contributed by atoms with Crippen molar-refractivity contribution in [2.24, 2.45) is 11.7 Å². The highest BCUT2D eigenvalue weighted by molar-refractivity contribution is 6.01. The number of amides is 4. The number of aryl methyl sites for hydroxylation is 3. The van der Waals surface area contributed by atoms with Crippen LogP contribution in [-0.2, 0) is 19.1 Å². The number of ether oxygens (including phenoxy) is 1. The third kappa shape index (κ3) is 7.59. The summed E-state index contributed by atoms with van der Waals surface area (Å²) in [5.74, 6) is -1.59. The quantitative estimate of drug-likeness (QED) is 0.440. The van der Waals surface area contributed by atoms with Crippen molar-refractivity contribution in [3.8, 4) is 0 Å². The molecule has 1 saturated carbocycles. The molecule has 0 spiro atoms. The number of nitrogens with one attached hydrogen (secondary N) is 2. The van der Waals surface area contributed by atoms with Gasteiger partial charge in [-0.1, -0.05) is 49.4 Å². The minimum Gasteiger partial charge on any atom is -0.444 e. The molecule has 2 aromatic rings. The SMILES string of the molecule is Cc1ccccc1C(C(=O)Nc1c(C)cccc1C)N(C(=O)C(CC(N)=O)NC(=O)OC(C)(C)C)C1CC1C. The fourth-order valence-corrected chi connectivity index (χ4v) is 4.72. The van der Waals surface area contributed by atoms with Crippen LogP contribution >= 0.6 is 0 Å². The second kappa shape index (κ2) is 11.9. The minimum atomic E-state index is -1.30. The van der Waals surface area contributed by atoms with Crippen LogP contribution in [0.2, 0.25) is 0 Å². The van der Waals surface area contributed by atoms with Crippen molar-refractivity contribution in [2.75, 3.05) is 5.32 Å². The molecule has 0 radical (unpaired) electrons. The second-order valence-corrected chi connectivity index (χ2v) is 11.4. The highest BCUT2D eigenvalue weighted by Crippen LogP contribution is 2.42. The maximum absolute atomic E-state index is 14.2. The maximum atomic E-state index is 14.2. The van der Waals surface area contributed by atoms with Gasteiger partial charge in [-0.05, 0) is 76.1 Å². The number of benzene rings is 2. The van der Waals surface area contributed by atoms with Crippen LogP contribution in [0.1, 0.15) is 68.8 Å². The van der Waals surface area contributed by atoms with Crippen LogP contribution in [0.5, 0.6) is 0 Å². The number of primary amides is 1. The van der Waals surface area contributed by atoms with Gasteiger partial charge in [0.15, 0.2) is 0 Å². The lowest BCUT2D eigenvalue weighted by Gasteiger charge is -2.35. The summed E-state index contributed by atoms with van der Waals surface area (Å²) in [5, 5.41) is 5.58. The van der Waals surface area contributed by atoms with E-state index >= 15 is 0 Å². The first-order valence-electron chi connectivity index (χ1n) is 13.2. The van der Waals surface area contributed by atoms with Gasteiger partial charge in [-0.15, -0.1) is 0 Å². The van der Waals surface area contributed by atoms with Crippen LogP contribution in [0.25, 0.3) is 0 Å². The Kier molecular flexibility index (Phi) is 9.04. The van der Waals surface area contributed by atoms with E-state index in [9.17, 15) is 19.2 Å². The largest absolute Gasteiger partial charge is 0.444 e. The van der Waals surface area contributed by atoms with Gasteiger partial charge in [0.05, 0.1) is 6.42 Å². The van der Waals surface area contributed by atoms with Gasteiger partial charge in [-0.3, -0.25) is 14.4 Å². The number of nitrogens with zero attached hydrogens (tertiary/aromatic N) is 1. The molecule has 4 amide bonds. The fourth-order valence-electron chi connectivity index (χ4n) is 4.72. The number of carbonyl (C=O) groups excluding carboxylic acids is 4. The predicted molar refractivity (Wildman–Crippen MR) is 150 cm³/mol. The Morgan fingerprint density at radius 2 is 1.56 bits per heavy atom. The van der Waals surface area contributed by atoms with E-state index in [-0.39, 0.29) is 17.9 Å². The maximum Gasteiger partial charge on any atom is 0.408 e. The Bertz CT molecular complexity index is 1230. The number of anilines is 1. The third-order valence-corrected chi connectivity index (χ3v) is 6.81. The van der Waals surface area contributed by atoms with E-state index in [4.69, 9.17) is 10.5 Å². The van der Waals surface area contributed by atoms with Crippen LogP contribution in [0.15, 0.2) is 42.5 Å². The summed E-state index contributed by atoms with van der Waals surface area (Å²) < 4.78 is 5.34. The topological polar surface area (TPSA) is 131 Å². The first-order valence-corrected chi connectivity index (χ1v) is 13.2. The molecule has 2 aromatic carbocycles. The average molecular weight is 537 g/mol. The molecule has 3 rings (SSSR count). The highest BCUT2D eigenvalue weighted by Gasteiger charge is 2.48. The number of hydrogen-bond acceptors (Lipinski definition) is 5. The van der Waals surface area contributed by atoms with Gasteiger partial charge in [0, 0.05) is 11.7 Å². The molecular weight excluding hydrogens is 496 g/mol. The summed E-state index contributed by atoms with van der Waals surface area (Å²) in [6.45, 7) is 12.8. The molecule has 0 bridgehead atoms. The lowest BCUT2D eigenvalue weighted by atomic mass is 9.97. The van der Waals surface area contributed by atoms with Crippen LogP contribution in [0, 0.1) is 26.7 Å². The summed E-state index contributed by atoms with van der Waals surface area (Å²) >= 11 is 0. The Balaban J connectivity index is 2.07. The van der Waals surface area contributed by atoms with Gasteiger partial charge < -0.3 is 26.0 Å². The molecule has 210 valence electrons.